The summed E-state index contributed by atoms with van der Waals surface area (Å²) >= 11 is -0.432. The van der Waals surface area contributed by atoms with Crippen LogP contribution in [0, 0.1) is 0 Å². The Morgan fingerprint density at radius 3 is 2.29 bits per heavy atom. The summed E-state index contributed by atoms with van der Waals surface area (Å²) in [6, 6.07) is 0. The molecule has 0 atom stereocenters. The molecule has 0 unspecified atom stereocenters. The Bertz CT molecular complexity index is 136. The molecule has 0 spiro atoms. The topological polar surface area (TPSA) is 34.1 Å². The fourth-order valence-electron chi connectivity index (χ4n) is 0.454. The third-order valence-corrected chi connectivity index (χ3v) is 8.28. The summed E-state index contributed by atoms with van der Waals surface area (Å²) in [5, 5.41) is 0. The van der Waals surface area contributed by atoms with E-state index in [0.29, 0.717) is 5.75 Å². The van der Waals surface area contributed by atoms with Crippen molar-refractivity contribution in [3.05, 3.63) is 0 Å². The molecule has 1 heterocycles. The zero-order valence-corrected chi connectivity index (χ0v) is 6.70. The van der Waals surface area contributed by atoms with Crippen LogP contribution in [0.4, 0.5) is 0 Å². The van der Waals surface area contributed by atoms with E-state index < -0.39 is 26.8 Å². The predicted molar refractivity (Wildman–Crippen MR) is 23.3 cm³/mol. The molecule has 4 heteroatoms. The molecular weight excluding hydrogens is 227 g/mol. The molecule has 1 saturated heterocycles. The van der Waals surface area contributed by atoms with Gasteiger partial charge < -0.3 is 0 Å². The van der Waals surface area contributed by atoms with Crippen LogP contribution in [0.3, 0.4) is 0 Å². The van der Waals surface area contributed by atoms with Crippen LogP contribution in [-0.4, -0.2) is 18.6 Å². The summed E-state index contributed by atoms with van der Waals surface area (Å²) in [5.41, 5.74) is 0. The molecular formula is C3H6IO2S-. The van der Waals surface area contributed by atoms with Crippen LogP contribution >= 0.6 is 0 Å². The van der Waals surface area contributed by atoms with Crippen LogP contribution in [0.25, 0.3) is 0 Å². The third kappa shape index (κ3) is 1.56. The van der Waals surface area contributed by atoms with Gasteiger partial charge in [0.25, 0.3) is 0 Å². The molecule has 2 nitrogen and oxygen atoms in total. The zero-order valence-electron chi connectivity index (χ0n) is 3.72. The van der Waals surface area contributed by atoms with Crippen molar-refractivity contribution in [1.82, 2.24) is 0 Å². The predicted octanol–water partition coefficient (Wildman–Crippen LogP) is -3.19. The van der Waals surface area contributed by atoms with Crippen LogP contribution in [0.1, 0.15) is 6.42 Å². The summed E-state index contributed by atoms with van der Waals surface area (Å²) in [5.74, 6) is 0.473. The van der Waals surface area contributed by atoms with Gasteiger partial charge in [-0.05, 0) is 0 Å². The first kappa shape index (κ1) is 5.81. The first-order valence-electron chi connectivity index (χ1n) is 2.04. The fraction of sp³-hybridized carbons (Fsp3) is 1.00. The van der Waals surface area contributed by atoms with E-state index in [-0.39, 0.29) is 0 Å². The monoisotopic (exact) mass is 233 g/mol. The molecule has 0 aromatic carbocycles. The van der Waals surface area contributed by atoms with Crippen molar-refractivity contribution in [2.45, 2.75) is 6.42 Å². The van der Waals surface area contributed by atoms with Crippen molar-refractivity contribution >= 4 is 7.01 Å². The van der Waals surface area contributed by atoms with E-state index in [2.05, 4.69) is 0 Å². The SMILES string of the molecule is O=S1(=O)CCC[I-]1. The molecule has 0 radical (unpaired) electrons. The van der Waals surface area contributed by atoms with E-state index in [1.807, 2.05) is 0 Å². The average Bonchev–Trinajstić information content (AvgIpc) is 1.84. The molecule has 1 fully saturated rings. The van der Waals surface area contributed by atoms with Crippen LogP contribution in [0.5, 0.6) is 0 Å². The van der Waals surface area contributed by atoms with E-state index >= 15 is 0 Å². The Labute approximate surface area is 51.9 Å². The van der Waals surface area contributed by atoms with Gasteiger partial charge in [-0.1, -0.05) is 0 Å². The molecule has 0 bridgehead atoms. The normalized spacial score (nSPS) is 29.1. The summed E-state index contributed by atoms with van der Waals surface area (Å²) in [6.07, 6.45) is 0.926. The van der Waals surface area contributed by atoms with Crippen molar-refractivity contribution in [1.29, 1.82) is 0 Å². The van der Waals surface area contributed by atoms with Gasteiger partial charge >= 0.3 is 51.8 Å². The maximum atomic E-state index is 10.5. The number of hydrogen-bond donors (Lipinski definition) is 0. The van der Waals surface area contributed by atoms with Crippen molar-refractivity contribution in [3.63, 3.8) is 0 Å². The average molecular weight is 233 g/mol. The van der Waals surface area contributed by atoms with Crippen LogP contribution in [-0.2, 0) is 7.01 Å². The van der Waals surface area contributed by atoms with Crippen molar-refractivity contribution in [3.8, 4) is 0 Å². The molecule has 0 aliphatic carbocycles. The Morgan fingerprint density at radius 1 is 1.43 bits per heavy atom. The first-order valence-corrected chi connectivity index (χ1v) is 7.76. The summed E-state index contributed by atoms with van der Waals surface area (Å²) < 4.78 is 21.9. The molecule has 1 aliphatic heterocycles. The second-order valence-electron chi connectivity index (χ2n) is 1.39. The van der Waals surface area contributed by atoms with Crippen LogP contribution in [0.2, 0.25) is 0 Å². The quantitative estimate of drug-likeness (QED) is 0.251. The van der Waals surface area contributed by atoms with Crippen molar-refractivity contribution in [2.75, 3.05) is 10.2 Å². The minimum absolute atomic E-state index is 0.432. The molecule has 7 heavy (non-hydrogen) atoms. The molecule has 44 valence electrons. The number of rotatable bonds is 0. The maximum absolute atomic E-state index is 10.5. The third-order valence-electron chi connectivity index (χ3n) is 0.765. The van der Waals surface area contributed by atoms with Crippen LogP contribution in [0.15, 0.2) is 0 Å². The molecule has 0 aromatic rings. The summed E-state index contributed by atoms with van der Waals surface area (Å²) in [7, 11) is -2.44. The van der Waals surface area contributed by atoms with Crippen molar-refractivity contribution < 1.29 is 28.2 Å². The summed E-state index contributed by atoms with van der Waals surface area (Å²) in [6.45, 7) is 0. The Kier molecular flexibility index (Phi) is 1.57. The molecule has 0 N–H and O–H groups in total. The van der Waals surface area contributed by atoms with E-state index in [4.69, 9.17) is 0 Å². The molecule has 0 aromatic heterocycles. The Balaban J connectivity index is 2.76. The standard InChI is InChI=1S/C3H6IO2S/c5-7(6)3-1-2-4-7/h1-3H2/q-1. The van der Waals surface area contributed by atoms with Gasteiger partial charge in [-0.25, -0.2) is 0 Å². The van der Waals surface area contributed by atoms with Gasteiger partial charge in [0.1, 0.15) is 0 Å². The van der Waals surface area contributed by atoms with Crippen LogP contribution < -0.4 is 19.8 Å². The Morgan fingerprint density at radius 2 is 2.14 bits per heavy atom. The van der Waals surface area contributed by atoms with E-state index in [9.17, 15) is 8.42 Å². The van der Waals surface area contributed by atoms with E-state index in [0.717, 1.165) is 10.8 Å². The number of hydrogen-bond acceptors (Lipinski definition) is 2. The zero-order chi connectivity index (χ0) is 5.33. The molecule has 1 aliphatic rings. The molecule has 0 saturated carbocycles. The van der Waals surface area contributed by atoms with Gasteiger partial charge in [0.05, 0.1) is 0 Å². The fourth-order valence-corrected chi connectivity index (χ4v) is 7.11. The van der Waals surface area contributed by atoms with Gasteiger partial charge in [0, 0.05) is 0 Å². The number of alkyl halides is 1. The van der Waals surface area contributed by atoms with Gasteiger partial charge in [0.15, 0.2) is 0 Å². The van der Waals surface area contributed by atoms with Crippen molar-refractivity contribution in [2.24, 2.45) is 0 Å². The first-order chi connectivity index (χ1) is 3.21. The number of halogens is 1. The minimum atomic E-state index is -2.44. The second kappa shape index (κ2) is 1.89. The molecule has 0 amide bonds. The second-order valence-corrected chi connectivity index (χ2v) is 10.1. The summed E-state index contributed by atoms with van der Waals surface area (Å²) in [4.78, 5) is 0. The van der Waals surface area contributed by atoms with Gasteiger partial charge in [0.2, 0.25) is 0 Å². The Hall–Kier alpha value is 0.680. The van der Waals surface area contributed by atoms with Gasteiger partial charge in [-0.2, -0.15) is 0 Å². The molecule has 1 rings (SSSR count). The van der Waals surface area contributed by atoms with Gasteiger partial charge in [-0.3, -0.25) is 0 Å². The van der Waals surface area contributed by atoms with Gasteiger partial charge in [-0.15, -0.1) is 0 Å². The van der Waals surface area contributed by atoms with E-state index in [1.165, 1.54) is 0 Å². The van der Waals surface area contributed by atoms with E-state index in [1.54, 1.807) is 0 Å².